The van der Waals surface area contributed by atoms with E-state index in [4.69, 9.17) is 9.47 Å². The van der Waals surface area contributed by atoms with E-state index in [1.807, 2.05) is 6.07 Å². The van der Waals surface area contributed by atoms with Gasteiger partial charge in [0, 0.05) is 6.08 Å². The van der Waals surface area contributed by atoms with E-state index in [0.717, 1.165) is 57.4 Å². The van der Waals surface area contributed by atoms with Crippen LogP contribution in [0.2, 0.25) is 0 Å². The molecule has 2 nitrogen and oxygen atoms in total. The number of benzene rings is 1. The van der Waals surface area contributed by atoms with Crippen molar-refractivity contribution in [1.82, 2.24) is 0 Å². The first-order valence-electron chi connectivity index (χ1n) is 11.7. The second-order valence-electron chi connectivity index (χ2n) is 9.44. The van der Waals surface area contributed by atoms with Crippen LogP contribution in [-0.2, 0) is 9.47 Å². The first kappa shape index (κ1) is 24.5. The van der Waals surface area contributed by atoms with Gasteiger partial charge in [-0.3, -0.25) is 0 Å². The molecule has 0 aliphatic heterocycles. The summed E-state index contributed by atoms with van der Waals surface area (Å²) < 4.78 is 54.2. The molecule has 176 valence electrons. The van der Waals surface area contributed by atoms with E-state index >= 15 is 0 Å². The van der Waals surface area contributed by atoms with Gasteiger partial charge in [-0.2, -0.15) is 0 Å². The van der Waals surface area contributed by atoms with Crippen molar-refractivity contribution in [3.8, 4) is 0 Å². The van der Waals surface area contributed by atoms with Gasteiger partial charge in [-0.05, 0) is 73.3 Å². The van der Waals surface area contributed by atoms with Gasteiger partial charge >= 0.3 is 0 Å². The second kappa shape index (κ2) is 11.1. The van der Waals surface area contributed by atoms with Gasteiger partial charge in [-0.25, -0.2) is 13.2 Å². The number of methoxy groups -OCH3 is 1. The topological polar surface area (TPSA) is 18.5 Å². The highest BCUT2D eigenvalue weighted by atomic mass is 19.2. The zero-order valence-electron chi connectivity index (χ0n) is 19.3. The summed E-state index contributed by atoms with van der Waals surface area (Å²) in [5.74, 6) is -0.751. The van der Waals surface area contributed by atoms with Crippen molar-refractivity contribution in [2.75, 3.05) is 13.7 Å². The molecule has 0 spiro atoms. The summed E-state index contributed by atoms with van der Waals surface area (Å²) in [6.45, 7) is 9.72. The lowest BCUT2D eigenvalue weighted by atomic mass is 9.76. The van der Waals surface area contributed by atoms with Crippen LogP contribution in [0, 0.1) is 23.5 Å². The Labute approximate surface area is 190 Å². The Balaban J connectivity index is 1.54. The highest BCUT2D eigenvalue weighted by molar-refractivity contribution is 5.32. The number of hydrogen-bond donors (Lipinski definition) is 0. The van der Waals surface area contributed by atoms with Crippen LogP contribution < -0.4 is 0 Å². The van der Waals surface area contributed by atoms with Crippen LogP contribution in [0.5, 0.6) is 0 Å². The minimum atomic E-state index is -0.667. The summed E-state index contributed by atoms with van der Waals surface area (Å²) in [4.78, 5) is 0. The molecule has 3 rings (SSSR count). The van der Waals surface area contributed by atoms with Gasteiger partial charge in [0.05, 0.1) is 13.7 Å². The molecule has 2 fully saturated rings. The Bertz CT molecular complexity index is 845. The SMILES string of the molecule is C=C(/C=C(/F)C(=C)OCC1CCC(c2ccc(C3CCC(C)CC3)c(F)c2F)CC1)OC. The molecule has 0 saturated heterocycles. The van der Waals surface area contributed by atoms with E-state index in [1.165, 1.54) is 7.11 Å². The Kier molecular flexibility index (Phi) is 8.50. The predicted molar refractivity (Wildman–Crippen MR) is 122 cm³/mol. The first-order chi connectivity index (χ1) is 15.3. The fourth-order valence-corrected chi connectivity index (χ4v) is 4.99. The molecule has 0 heterocycles. The molecule has 2 aliphatic carbocycles. The van der Waals surface area contributed by atoms with Crippen molar-refractivity contribution in [1.29, 1.82) is 0 Å². The summed E-state index contributed by atoms with van der Waals surface area (Å²) >= 11 is 0. The molecule has 5 heteroatoms. The van der Waals surface area contributed by atoms with E-state index < -0.39 is 17.5 Å². The Hall–Kier alpha value is -2.17. The maximum absolute atomic E-state index is 15.0. The Morgan fingerprint density at radius 2 is 1.44 bits per heavy atom. The summed E-state index contributed by atoms with van der Waals surface area (Å²) in [6, 6.07) is 3.62. The monoisotopic (exact) mass is 448 g/mol. The molecule has 32 heavy (non-hydrogen) atoms. The summed E-state index contributed by atoms with van der Waals surface area (Å²) in [6.07, 6.45) is 8.31. The van der Waals surface area contributed by atoms with E-state index in [1.54, 1.807) is 6.07 Å². The molecule has 0 radical (unpaired) electrons. The van der Waals surface area contributed by atoms with Gasteiger partial charge in [-0.1, -0.05) is 45.1 Å². The summed E-state index contributed by atoms with van der Waals surface area (Å²) in [5, 5.41) is 0. The zero-order chi connectivity index (χ0) is 23.3. The van der Waals surface area contributed by atoms with Crippen LogP contribution >= 0.6 is 0 Å². The molecule has 0 aromatic heterocycles. The van der Waals surface area contributed by atoms with Crippen molar-refractivity contribution in [2.24, 2.45) is 11.8 Å². The third-order valence-corrected chi connectivity index (χ3v) is 7.19. The molecular weight excluding hydrogens is 413 g/mol. The standard InChI is InChI=1S/C27H35F3O2/c1-17-5-9-21(10-6-17)23-13-14-24(27(30)26(23)29)22-11-7-20(8-12-22)16-32-19(3)25(28)15-18(2)31-4/h13-15,17,20-22H,2-3,5-12,16H2,1,4H3/b25-15+. The zero-order valence-corrected chi connectivity index (χ0v) is 19.3. The van der Waals surface area contributed by atoms with Gasteiger partial charge in [0.15, 0.2) is 17.5 Å². The predicted octanol–water partition coefficient (Wildman–Crippen LogP) is 8.08. The van der Waals surface area contributed by atoms with Gasteiger partial charge < -0.3 is 9.47 Å². The van der Waals surface area contributed by atoms with Crippen molar-refractivity contribution < 1.29 is 22.6 Å². The second-order valence-corrected chi connectivity index (χ2v) is 9.44. The molecular formula is C27H35F3O2. The van der Waals surface area contributed by atoms with Crippen LogP contribution in [-0.4, -0.2) is 13.7 Å². The number of ether oxygens (including phenoxy) is 2. The van der Waals surface area contributed by atoms with E-state index in [0.29, 0.717) is 23.7 Å². The van der Waals surface area contributed by atoms with Crippen LogP contribution in [0.4, 0.5) is 13.2 Å². The average molecular weight is 449 g/mol. The van der Waals surface area contributed by atoms with Crippen molar-refractivity contribution in [3.05, 3.63) is 71.5 Å². The fourth-order valence-electron chi connectivity index (χ4n) is 4.99. The highest BCUT2D eigenvalue weighted by Crippen LogP contribution is 2.41. The number of halogens is 3. The van der Waals surface area contributed by atoms with E-state index in [-0.39, 0.29) is 29.3 Å². The molecule has 0 atom stereocenters. The van der Waals surface area contributed by atoms with Gasteiger partial charge in [0.2, 0.25) is 0 Å². The molecule has 1 aromatic carbocycles. The first-order valence-corrected chi connectivity index (χ1v) is 11.7. The molecule has 2 aliphatic rings. The maximum atomic E-state index is 15.0. The fraction of sp³-hybridized carbons (Fsp3) is 0.556. The smallest absolute Gasteiger partial charge is 0.168 e. The molecule has 0 unspecified atom stereocenters. The van der Waals surface area contributed by atoms with Crippen molar-refractivity contribution >= 4 is 0 Å². The van der Waals surface area contributed by atoms with Crippen LogP contribution in [0.1, 0.15) is 81.3 Å². The van der Waals surface area contributed by atoms with Crippen LogP contribution in [0.25, 0.3) is 0 Å². The van der Waals surface area contributed by atoms with E-state index in [2.05, 4.69) is 20.1 Å². The molecule has 0 N–H and O–H groups in total. The molecule has 0 bridgehead atoms. The number of allylic oxidation sites excluding steroid dienone is 2. The van der Waals surface area contributed by atoms with Crippen molar-refractivity contribution in [2.45, 2.75) is 70.1 Å². The average Bonchev–Trinajstić information content (AvgIpc) is 2.80. The lowest BCUT2D eigenvalue weighted by Gasteiger charge is -2.30. The maximum Gasteiger partial charge on any atom is 0.168 e. The van der Waals surface area contributed by atoms with Crippen LogP contribution in [0.3, 0.4) is 0 Å². The normalized spacial score (nSPS) is 26.5. The Morgan fingerprint density at radius 1 is 0.938 bits per heavy atom. The molecule has 2 saturated carbocycles. The number of hydrogen-bond acceptors (Lipinski definition) is 2. The third-order valence-electron chi connectivity index (χ3n) is 7.19. The summed E-state index contributed by atoms with van der Waals surface area (Å²) in [7, 11) is 1.41. The lowest BCUT2D eigenvalue weighted by Crippen LogP contribution is -2.19. The number of rotatable bonds is 8. The quantitative estimate of drug-likeness (QED) is 0.296. The minimum Gasteiger partial charge on any atom is -0.497 e. The van der Waals surface area contributed by atoms with Gasteiger partial charge in [0.1, 0.15) is 11.5 Å². The van der Waals surface area contributed by atoms with Crippen LogP contribution in [0.15, 0.2) is 48.7 Å². The largest absolute Gasteiger partial charge is 0.497 e. The molecule has 1 aromatic rings. The molecule has 0 amide bonds. The van der Waals surface area contributed by atoms with Gasteiger partial charge in [0.25, 0.3) is 0 Å². The lowest BCUT2D eigenvalue weighted by molar-refractivity contribution is 0.136. The summed E-state index contributed by atoms with van der Waals surface area (Å²) in [5.41, 5.74) is 1.04. The highest BCUT2D eigenvalue weighted by Gasteiger charge is 2.29. The third kappa shape index (κ3) is 5.99. The minimum absolute atomic E-state index is 0.00559. The Morgan fingerprint density at radius 3 is 1.94 bits per heavy atom. The van der Waals surface area contributed by atoms with Gasteiger partial charge in [-0.15, -0.1) is 0 Å². The van der Waals surface area contributed by atoms with Crippen molar-refractivity contribution in [3.63, 3.8) is 0 Å². The van der Waals surface area contributed by atoms with E-state index in [9.17, 15) is 13.2 Å².